The maximum Gasteiger partial charge on any atom is 0.116 e. The Bertz CT molecular complexity index is 40.2. The summed E-state index contributed by atoms with van der Waals surface area (Å²) in [5, 5.41) is 8.20. The Labute approximate surface area is 56.9 Å². The largest absolute Gasteiger partial charge is 0.396 e. The van der Waals surface area contributed by atoms with Gasteiger partial charge in [0, 0.05) is 6.61 Å². The van der Waals surface area contributed by atoms with Gasteiger partial charge in [-0.2, -0.15) is 0 Å². The first kappa shape index (κ1) is 11.4. The summed E-state index contributed by atoms with van der Waals surface area (Å²) < 4.78 is 0. The van der Waals surface area contributed by atoms with Crippen molar-refractivity contribution in [2.24, 2.45) is 0 Å². The normalized spacial score (nSPS) is 7.44. The lowest BCUT2D eigenvalue weighted by Gasteiger charge is -1.85. The van der Waals surface area contributed by atoms with E-state index >= 15 is 0 Å². The van der Waals surface area contributed by atoms with E-state index in [4.69, 9.17) is 9.90 Å². The number of aldehydes is 1. The molecule has 0 unspecified atom stereocenters. The van der Waals surface area contributed by atoms with E-state index in [-0.39, 0.29) is 0 Å². The summed E-state index contributed by atoms with van der Waals surface area (Å²) in [4.78, 5) is 8.81. The molecule has 0 spiro atoms. The van der Waals surface area contributed by atoms with E-state index in [9.17, 15) is 0 Å². The maximum atomic E-state index is 8.81. The van der Waals surface area contributed by atoms with E-state index < -0.39 is 0 Å². The first-order valence-electron chi connectivity index (χ1n) is 3.34. The average molecular weight is 132 g/mol. The number of aliphatic hydroxyl groups is 1. The predicted octanol–water partition coefficient (Wildman–Crippen LogP) is 1.37. The highest BCUT2D eigenvalue weighted by atomic mass is 16.2. The second-order valence-electron chi connectivity index (χ2n) is 1.67. The molecule has 0 aromatic rings. The second-order valence-corrected chi connectivity index (χ2v) is 1.67. The first-order chi connectivity index (χ1) is 4.33. The van der Waals surface area contributed by atoms with Crippen LogP contribution in [0.2, 0.25) is 0 Å². The van der Waals surface area contributed by atoms with Gasteiger partial charge in [0.05, 0.1) is 0 Å². The van der Waals surface area contributed by atoms with Gasteiger partial charge >= 0.3 is 0 Å². The standard InChI is InChI=1S/C5H12O.C2H4O/c1-2-3-4-5-6;1-2-3/h6H,2-5H2,1H3;2H,1H3. The fourth-order valence-corrected chi connectivity index (χ4v) is 0.362. The van der Waals surface area contributed by atoms with Crippen LogP contribution in [-0.2, 0) is 4.79 Å². The summed E-state index contributed by atoms with van der Waals surface area (Å²) in [5.41, 5.74) is 0. The van der Waals surface area contributed by atoms with E-state index in [1.54, 1.807) is 0 Å². The van der Waals surface area contributed by atoms with E-state index in [0.717, 1.165) is 19.1 Å². The molecule has 56 valence electrons. The lowest BCUT2D eigenvalue weighted by molar-refractivity contribution is -0.106. The van der Waals surface area contributed by atoms with E-state index in [1.807, 2.05) is 0 Å². The number of carbonyl (C=O) groups is 1. The lowest BCUT2D eigenvalue weighted by Crippen LogP contribution is -1.78. The van der Waals surface area contributed by atoms with Crippen LogP contribution in [0.15, 0.2) is 0 Å². The highest BCUT2D eigenvalue weighted by molar-refractivity contribution is 5.44. The van der Waals surface area contributed by atoms with E-state index in [0.29, 0.717) is 6.61 Å². The highest BCUT2D eigenvalue weighted by Gasteiger charge is 1.76. The molecule has 0 heterocycles. The van der Waals surface area contributed by atoms with Gasteiger partial charge < -0.3 is 9.90 Å². The Morgan fingerprint density at radius 3 is 2.00 bits per heavy atom. The predicted molar refractivity (Wildman–Crippen MR) is 38.3 cm³/mol. The maximum absolute atomic E-state index is 8.81. The zero-order valence-electron chi connectivity index (χ0n) is 6.26. The summed E-state index contributed by atoms with van der Waals surface area (Å²) in [6.45, 7) is 3.92. The summed E-state index contributed by atoms with van der Waals surface area (Å²) in [5.74, 6) is 0. The zero-order valence-corrected chi connectivity index (χ0v) is 6.26. The number of unbranched alkanes of at least 4 members (excludes halogenated alkanes) is 2. The van der Waals surface area contributed by atoms with Crippen molar-refractivity contribution in [3.8, 4) is 0 Å². The van der Waals surface area contributed by atoms with Crippen LogP contribution in [0.25, 0.3) is 0 Å². The highest BCUT2D eigenvalue weighted by Crippen LogP contribution is 1.89. The zero-order chi connectivity index (χ0) is 7.54. The van der Waals surface area contributed by atoms with Crippen LogP contribution >= 0.6 is 0 Å². The minimum atomic E-state index is 0.355. The Balaban J connectivity index is 0. The van der Waals surface area contributed by atoms with Crippen molar-refractivity contribution < 1.29 is 9.90 Å². The van der Waals surface area contributed by atoms with E-state index in [1.165, 1.54) is 13.3 Å². The van der Waals surface area contributed by atoms with Gasteiger partial charge in [-0.1, -0.05) is 19.8 Å². The van der Waals surface area contributed by atoms with Crippen molar-refractivity contribution in [2.75, 3.05) is 6.61 Å². The first-order valence-corrected chi connectivity index (χ1v) is 3.34. The molecule has 2 heteroatoms. The van der Waals surface area contributed by atoms with Crippen LogP contribution in [-0.4, -0.2) is 18.0 Å². The van der Waals surface area contributed by atoms with Crippen LogP contribution in [0, 0.1) is 0 Å². The molecule has 2 nitrogen and oxygen atoms in total. The smallest absolute Gasteiger partial charge is 0.116 e. The number of rotatable bonds is 3. The molecule has 0 aromatic heterocycles. The van der Waals surface area contributed by atoms with Crippen molar-refractivity contribution in [1.82, 2.24) is 0 Å². The number of aliphatic hydroxyl groups excluding tert-OH is 1. The summed E-state index contributed by atoms with van der Waals surface area (Å²) in [7, 11) is 0. The quantitative estimate of drug-likeness (QED) is 0.465. The lowest BCUT2D eigenvalue weighted by atomic mass is 10.3. The number of hydrogen-bond donors (Lipinski definition) is 1. The molecular weight excluding hydrogens is 116 g/mol. The molecule has 0 bridgehead atoms. The Morgan fingerprint density at radius 2 is 1.89 bits per heavy atom. The Morgan fingerprint density at radius 1 is 1.44 bits per heavy atom. The number of hydrogen-bond acceptors (Lipinski definition) is 2. The summed E-state index contributed by atoms with van der Waals surface area (Å²) in [6.07, 6.45) is 4.08. The third kappa shape index (κ3) is 35.0. The summed E-state index contributed by atoms with van der Waals surface area (Å²) >= 11 is 0. The fourth-order valence-electron chi connectivity index (χ4n) is 0.362. The molecule has 0 saturated carbocycles. The molecule has 0 saturated heterocycles. The molecule has 0 aromatic carbocycles. The van der Waals surface area contributed by atoms with Crippen LogP contribution in [0.3, 0.4) is 0 Å². The van der Waals surface area contributed by atoms with Gasteiger partial charge in [0.2, 0.25) is 0 Å². The van der Waals surface area contributed by atoms with Gasteiger partial charge in [-0.05, 0) is 13.3 Å². The van der Waals surface area contributed by atoms with Crippen molar-refractivity contribution in [2.45, 2.75) is 33.1 Å². The molecule has 1 N–H and O–H groups in total. The number of carbonyl (C=O) groups excluding carboxylic acids is 1. The summed E-state index contributed by atoms with van der Waals surface area (Å²) in [6, 6.07) is 0. The third-order valence-electron chi connectivity index (χ3n) is 0.762. The molecule has 0 radical (unpaired) electrons. The molecule has 9 heavy (non-hydrogen) atoms. The molecule has 0 aliphatic heterocycles. The van der Waals surface area contributed by atoms with Crippen LogP contribution in [0.1, 0.15) is 33.1 Å². The molecule has 0 aliphatic rings. The topological polar surface area (TPSA) is 37.3 Å². The van der Waals surface area contributed by atoms with Crippen molar-refractivity contribution in [1.29, 1.82) is 0 Å². The van der Waals surface area contributed by atoms with Gasteiger partial charge in [0.15, 0.2) is 0 Å². The van der Waals surface area contributed by atoms with Crippen molar-refractivity contribution in [3.63, 3.8) is 0 Å². The van der Waals surface area contributed by atoms with Crippen LogP contribution in [0.4, 0.5) is 0 Å². The second kappa shape index (κ2) is 15.6. The monoisotopic (exact) mass is 132 g/mol. The molecule has 0 amide bonds. The average Bonchev–Trinajstić information content (AvgIpc) is 1.86. The Hall–Kier alpha value is -0.370. The van der Waals surface area contributed by atoms with Gasteiger partial charge in [-0.3, -0.25) is 0 Å². The van der Waals surface area contributed by atoms with Crippen LogP contribution < -0.4 is 0 Å². The molecule has 0 atom stereocenters. The third-order valence-corrected chi connectivity index (χ3v) is 0.762. The van der Waals surface area contributed by atoms with Gasteiger partial charge in [0.1, 0.15) is 6.29 Å². The minimum absolute atomic E-state index is 0.355. The minimum Gasteiger partial charge on any atom is -0.396 e. The van der Waals surface area contributed by atoms with Gasteiger partial charge in [-0.15, -0.1) is 0 Å². The Kier molecular flexibility index (Phi) is 19.9. The van der Waals surface area contributed by atoms with Crippen molar-refractivity contribution >= 4 is 6.29 Å². The molecule has 0 rings (SSSR count). The molecular formula is C7H16O2. The van der Waals surface area contributed by atoms with Crippen LogP contribution in [0.5, 0.6) is 0 Å². The SMILES string of the molecule is CC=O.CCCCCO. The molecule has 0 aliphatic carbocycles. The van der Waals surface area contributed by atoms with Gasteiger partial charge in [-0.25, -0.2) is 0 Å². The molecule has 0 fully saturated rings. The van der Waals surface area contributed by atoms with Crippen molar-refractivity contribution in [3.05, 3.63) is 0 Å². The van der Waals surface area contributed by atoms with Gasteiger partial charge in [0.25, 0.3) is 0 Å². The fraction of sp³-hybridized carbons (Fsp3) is 0.857. The van der Waals surface area contributed by atoms with E-state index in [2.05, 4.69) is 6.92 Å².